The van der Waals surface area contributed by atoms with Gasteiger partial charge in [0.15, 0.2) is 0 Å². The van der Waals surface area contributed by atoms with Crippen molar-refractivity contribution >= 4 is 22.6 Å². The van der Waals surface area contributed by atoms with Crippen molar-refractivity contribution in [2.45, 2.75) is 44.5 Å². The number of fused-ring (bicyclic) bond motifs is 2. The minimum atomic E-state index is 0.169. The van der Waals surface area contributed by atoms with E-state index in [1.807, 2.05) is 17.0 Å². The summed E-state index contributed by atoms with van der Waals surface area (Å²) in [6.07, 6.45) is 3.39. The molecule has 0 radical (unpaired) electrons. The molecule has 3 fully saturated rings. The molecule has 1 unspecified atom stereocenters. The molecule has 40 heavy (non-hydrogen) atoms. The van der Waals surface area contributed by atoms with Crippen molar-refractivity contribution in [1.82, 2.24) is 25.0 Å². The first kappa shape index (κ1) is 25.7. The first-order chi connectivity index (χ1) is 19.6. The SMILES string of the molecule is CN1CCN(c2ccc3cc(CN4CC[C@H](Oc5ccc6c(c5)CN(C5CCCNC5)C6=O)C4)ccc3n2)CC1. The van der Waals surface area contributed by atoms with Crippen LogP contribution >= 0.6 is 0 Å². The molecule has 0 spiro atoms. The molecule has 7 rings (SSSR count). The molecule has 210 valence electrons. The molecule has 0 aliphatic carbocycles. The maximum absolute atomic E-state index is 13.0. The van der Waals surface area contributed by atoms with Crippen LogP contribution in [-0.4, -0.2) is 97.1 Å². The lowest BCUT2D eigenvalue weighted by Gasteiger charge is -2.33. The Kier molecular flexibility index (Phi) is 7.08. The van der Waals surface area contributed by atoms with Crippen LogP contribution in [0.4, 0.5) is 5.82 Å². The first-order valence-corrected chi connectivity index (χ1v) is 15.0. The van der Waals surface area contributed by atoms with E-state index in [0.29, 0.717) is 12.6 Å². The van der Waals surface area contributed by atoms with E-state index in [9.17, 15) is 4.79 Å². The second kappa shape index (κ2) is 11.0. The molecule has 3 saturated heterocycles. The molecule has 0 saturated carbocycles. The summed E-state index contributed by atoms with van der Waals surface area (Å²) in [5, 5.41) is 4.64. The zero-order valence-electron chi connectivity index (χ0n) is 23.5. The predicted octanol–water partition coefficient (Wildman–Crippen LogP) is 3.35. The monoisotopic (exact) mass is 540 g/mol. The number of piperidine rings is 1. The number of carbonyl (C=O) groups is 1. The van der Waals surface area contributed by atoms with Crippen molar-refractivity contribution in [2.24, 2.45) is 0 Å². The Balaban J connectivity index is 0.952. The number of anilines is 1. The number of nitrogens with zero attached hydrogens (tertiary/aromatic N) is 5. The van der Waals surface area contributed by atoms with E-state index in [1.165, 1.54) is 10.9 Å². The second-order valence-electron chi connectivity index (χ2n) is 12.0. The maximum atomic E-state index is 13.0. The number of pyridine rings is 1. The Morgan fingerprint density at radius 2 is 1.90 bits per heavy atom. The molecule has 1 amide bonds. The van der Waals surface area contributed by atoms with Crippen molar-refractivity contribution in [1.29, 1.82) is 0 Å². The number of piperazine rings is 1. The lowest BCUT2D eigenvalue weighted by atomic mass is 10.1. The van der Waals surface area contributed by atoms with Crippen LogP contribution in [-0.2, 0) is 13.1 Å². The van der Waals surface area contributed by atoms with Gasteiger partial charge in [-0.05, 0) is 86.4 Å². The normalized spacial score (nSPS) is 24.2. The average Bonchev–Trinajstić information content (AvgIpc) is 3.56. The lowest BCUT2D eigenvalue weighted by Crippen LogP contribution is -2.46. The first-order valence-electron chi connectivity index (χ1n) is 15.0. The lowest BCUT2D eigenvalue weighted by molar-refractivity contribution is 0.0674. The average molecular weight is 541 g/mol. The van der Waals surface area contributed by atoms with Gasteiger partial charge in [0.2, 0.25) is 0 Å². The zero-order chi connectivity index (χ0) is 27.1. The Morgan fingerprint density at radius 3 is 2.75 bits per heavy atom. The molecule has 5 heterocycles. The van der Waals surface area contributed by atoms with Crippen LogP contribution < -0.4 is 15.0 Å². The van der Waals surface area contributed by atoms with Gasteiger partial charge in [0, 0.05) is 75.9 Å². The molecule has 4 aliphatic rings. The summed E-state index contributed by atoms with van der Waals surface area (Å²) >= 11 is 0. The van der Waals surface area contributed by atoms with Gasteiger partial charge >= 0.3 is 0 Å². The summed E-state index contributed by atoms with van der Waals surface area (Å²) in [7, 11) is 2.18. The number of rotatable bonds is 6. The highest BCUT2D eigenvalue weighted by Crippen LogP contribution is 2.31. The van der Waals surface area contributed by atoms with E-state index < -0.39 is 0 Å². The third kappa shape index (κ3) is 5.28. The minimum absolute atomic E-state index is 0.169. The van der Waals surface area contributed by atoms with Crippen molar-refractivity contribution in [3.05, 3.63) is 65.2 Å². The van der Waals surface area contributed by atoms with Crippen LogP contribution in [0.3, 0.4) is 0 Å². The van der Waals surface area contributed by atoms with Gasteiger partial charge in [-0.1, -0.05) is 6.07 Å². The molecule has 2 aromatic carbocycles. The largest absolute Gasteiger partial charge is 0.489 e. The fourth-order valence-corrected chi connectivity index (χ4v) is 6.75. The van der Waals surface area contributed by atoms with Gasteiger partial charge < -0.3 is 24.8 Å². The van der Waals surface area contributed by atoms with Crippen molar-refractivity contribution < 1.29 is 9.53 Å². The van der Waals surface area contributed by atoms with Crippen molar-refractivity contribution in [3.8, 4) is 5.75 Å². The van der Waals surface area contributed by atoms with Gasteiger partial charge in [0.1, 0.15) is 17.7 Å². The van der Waals surface area contributed by atoms with E-state index in [2.05, 4.69) is 63.5 Å². The van der Waals surface area contributed by atoms with Crippen LogP contribution in [0.25, 0.3) is 10.9 Å². The van der Waals surface area contributed by atoms with Gasteiger partial charge in [0.25, 0.3) is 5.91 Å². The summed E-state index contributed by atoms with van der Waals surface area (Å²) < 4.78 is 6.43. The number of carbonyl (C=O) groups excluding carboxylic acids is 1. The Hall–Kier alpha value is -3.20. The molecular formula is C32H40N6O2. The van der Waals surface area contributed by atoms with Crippen LogP contribution in [0, 0.1) is 0 Å². The topological polar surface area (TPSA) is 64.2 Å². The van der Waals surface area contributed by atoms with Crippen LogP contribution in [0.15, 0.2) is 48.5 Å². The third-order valence-corrected chi connectivity index (χ3v) is 9.12. The highest BCUT2D eigenvalue weighted by Gasteiger charge is 2.34. The molecule has 4 aliphatic heterocycles. The summed E-state index contributed by atoms with van der Waals surface area (Å²) in [6, 6.07) is 17.4. The standard InChI is InChI=1S/C32H40N6O2/c1-35-13-15-37(16-14-35)31-9-5-24-17-23(4-8-30(24)34-31)20-36-12-10-28(22-36)40-27-6-7-29-25(18-27)21-38(32(29)39)26-3-2-11-33-19-26/h4-9,17-18,26,28,33H,2-3,10-16,19-22H2,1H3/t26?,28-/m0/s1. The van der Waals surface area contributed by atoms with Crippen molar-refractivity contribution in [2.75, 3.05) is 64.3 Å². The zero-order valence-corrected chi connectivity index (χ0v) is 23.5. The van der Waals surface area contributed by atoms with Crippen LogP contribution in [0.5, 0.6) is 5.75 Å². The van der Waals surface area contributed by atoms with E-state index >= 15 is 0 Å². The number of nitrogens with one attached hydrogen (secondary N) is 1. The van der Waals surface area contributed by atoms with Gasteiger partial charge in [0.05, 0.1) is 5.52 Å². The molecule has 8 heteroatoms. The number of ether oxygens (including phenoxy) is 1. The second-order valence-corrected chi connectivity index (χ2v) is 12.0. The summed E-state index contributed by atoms with van der Waals surface area (Å²) in [5.41, 5.74) is 4.32. The van der Waals surface area contributed by atoms with Gasteiger partial charge in [-0.15, -0.1) is 0 Å². The fraction of sp³-hybridized carbons (Fsp3) is 0.500. The third-order valence-electron chi connectivity index (χ3n) is 9.12. The molecule has 2 atom stereocenters. The highest BCUT2D eigenvalue weighted by molar-refractivity contribution is 5.98. The Labute approximate surface area is 236 Å². The highest BCUT2D eigenvalue weighted by atomic mass is 16.5. The smallest absolute Gasteiger partial charge is 0.254 e. The van der Waals surface area contributed by atoms with E-state index in [-0.39, 0.29) is 12.0 Å². The van der Waals surface area contributed by atoms with Gasteiger partial charge in [-0.3, -0.25) is 9.69 Å². The number of likely N-dealkylation sites (tertiary alicyclic amines) is 1. The molecule has 0 bridgehead atoms. The maximum Gasteiger partial charge on any atom is 0.254 e. The quantitative estimate of drug-likeness (QED) is 0.515. The Bertz CT molecular complexity index is 1380. The molecule has 3 aromatic rings. The van der Waals surface area contributed by atoms with E-state index in [0.717, 1.165) is 106 Å². The summed E-state index contributed by atoms with van der Waals surface area (Å²) in [4.78, 5) is 27.2. The van der Waals surface area contributed by atoms with Crippen LogP contribution in [0.1, 0.15) is 40.7 Å². The summed E-state index contributed by atoms with van der Waals surface area (Å²) in [5.74, 6) is 2.14. The molecule has 1 aromatic heterocycles. The van der Waals surface area contributed by atoms with E-state index in [4.69, 9.17) is 9.72 Å². The number of likely N-dealkylation sites (N-methyl/N-ethyl adjacent to an activating group) is 1. The molecule has 1 N–H and O–H groups in total. The molecule has 8 nitrogen and oxygen atoms in total. The summed E-state index contributed by atoms with van der Waals surface area (Å²) in [6.45, 7) is 9.73. The number of benzene rings is 2. The van der Waals surface area contributed by atoms with Crippen LogP contribution in [0.2, 0.25) is 0 Å². The Morgan fingerprint density at radius 1 is 1.00 bits per heavy atom. The van der Waals surface area contributed by atoms with Crippen molar-refractivity contribution in [3.63, 3.8) is 0 Å². The minimum Gasteiger partial charge on any atom is -0.489 e. The van der Waals surface area contributed by atoms with Gasteiger partial charge in [-0.25, -0.2) is 4.98 Å². The van der Waals surface area contributed by atoms with E-state index in [1.54, 1.807) is 0 Å². The number of hydrogen-bond donors (Lipinski definition) is 1. The fourth-order valence-electron chi connectivity index (χ4n) is 6.75. The predicted molar refractivity (Wildman–Crippen MR) is 158 cm³/mol. The number of hydrogen-bond acceptors (Lipinski definition) is 7. The molecular weight excluding hydrogens is 500 g/mol. The number of amides is 1. The number of aromatic nitrogens is 1. The van der Waals surface area contributed by atoms with Gasteiger partial charge in [-0.2, -0.15) is 0 Å².